The summed E-state index contributed by atoms with van der Waals surface area (Å²) in [4.78, 5) is 25.1. The van der Waals surface area contributed by atoms with Crippen molar-refractivity contribution in [1.29, 1.82) is 0 Å². The van der Waals surface area contributed by atoms with Crippen LogP contribution in [-0.4, -0.2) is 25.1 Å². The molecule has 164 valence electrons. The summed E-state index contributed by atoms with van der Waals surface area (Å²) in [5, 5.41) is 11.6. The van der Waals surface area contributed by atoms with Crippen LogP contribution in [0.15, 0.2) is 65.7 Å². The van der Waals surface area contributed by atoms with E-state index in [-0.39, 0.29) is 17.5 Å². The lowest BCUT2D eigenvalue weighted by atomic mass is 10.0. The molecule has 0 aliphatic rings. The summed E-state index contributed by atoms with van der Waals surface area (Å²) in [6, 6.07) is 13.1. The van der Waals surface area contributed by atoms with Crippen LogP contribution in [0.5, 0.6) is 0 Å². The molecule has 4 rings (SSSR count). The molecule has 0 bridgehead atoms. The SMILES string of the molecule is C[C@H](CC(=O)NCc1ccccc1Cl)Cc1nnc2c(=O)n(-c3cccc(F)c3)ccn12. The Hall–Kier alpha value is -3.52. The highest BCUT2D eigenvalue weighted by Crippen LogP contribution is 2.15. The molecular weight excluding hydrogens is 433 g/mol. The van der Waals surface area contributed by atoms with Crippen molar-refractivity contribution in [3.05, 3.63) is 93.5 Å². The number of hydrogen-bond acceptors (Lipinski definition) is 4. The minimum Gasteiger partial charge on any atom is -0.352 e. The standard InChI is InChI=1S/C23H21ClFN5O2/c1-15(12-21(31)26-14-16-5-2-3-8-19(16)24)11-20-27-28-22-23(32)29(9-10-30(20)22)18-7-4-6-17(25)13-18/h2-10,13,15H,11-12,14H2,1H3,(H,26,31)/t15-/m0/s1. The lowest BCUT2D eigenvalue weighted by molar-refractivity contribution is -0.122. The summed E-state index contributed by atoms with van der Waals surface area (Å²) >= 11 is 6.12. The number of nitrogens with one attached hydrogen (secondary N) is 1. The molecule has 0 saturated carbocycles. The van der Waals surface area contributed by atoms with Crippen LogP contribution in [-0.2, 0) is 17.8 Å². The van der Waals surface area contributed by atoms with Crippen molar-refractivity contribution < 1.29 is 9.18 Å². The summed E-state index contributed by atoms with van der Waals surface area (Å²) < 4.78 is 16.5. The molecule has 1 amide bonds. The van der Waals surface area contributed by atoms with Crippen LogP contribution in [0.2, 0.25) is 5.02 Å². The molecule has 0 aliphatic heterocycles. The fourth-order valence-corrected chi connectivity index (χ4v) is 3.71. The first-order valence-electron chi connectivity index (χ1n) is 10.1. The Morgan fingerprint density at radius 1 is 1.16 bits per heavy atom. The first-order chi connectivity index (χ1) is 15.4. The Labute approximate surface area is 188 Å². The molecule has 2 heterocycles. The Morgan fingerprint density at radius 3 is 2.75 bits per heavy atom. The van der Waals surface area contributed by atoms with Gasteiger partial charge in [0, 0.05) is 36.8 Å². The Kier molecular flexibility index (Phi) is 6.32. The molecule has 32 heavy (non-hydrogen) atoms. The van der Waals surface area contributed by atoms with Crippen LogP contribution in [0, 0.1) is 11.7 Å². The molecule has 2 aromatic carbocycles. The third kappa shape index (κ3) is 4.70. The van der Waals surface area contributed by atoms with Gasteiger partial charge in [-0.2, -0.15) is 0 Å². The topological polar surface area (TPSA) is 81.3 Å². The lowest BCUT2D eigenvalue weighted by Gasteiger charge is -2.12. The fraction of sp³-hybridized carbons (Fsp3) is 0.217. The number of benzene rings is 2. The molecule has 4 aromatic rings. The normalized spacial score (nSPS) is 12.1. The van der Waals surface area contributed by atoms with Gasteiger partial charge in [0.25, 0.3) is 0 Å². The van der Waals surface area contributed by atoms with Crippen LogP contribution in [0.25, 0.3) is 11.3 Å². The van der Waals surface area contributed by atoms with E-state index in [0.717, 1.165) is 5.56 Å². The van der Waals surface area contributed by atoms with E-state index in [1.807, 2.05) is 25.1 Å². The molecule has 0 saturated heterocycles. The molecule has 0 radical (unpaired) electrons. The van der Waals surface area contributed by atoms with Crippen LogP contribution in [0.3, 0.4) is 0 Å². The zero-order chi connectivity index (χ0) is 22.7. The second-order valence-corrected chi connectivity index (χ2v) is 8.05. The first kappa shape index (κ1) is 21.7. The van der Waals surface area contributed by atoms with Crippen LogP contribution in [0.1, 0.15) is 24.7 Å². The molecule has 1 atom stereocenters. The van der Waals surface area contributed by atoms with E-state index < -0.39 is 11.4 Å². The molecule has 0 unspecified atom stereocenters. The third-order valence-corrected chi connectivity index (χ3v) is 5.50. The largest absolute Gasteiger partial charge is 0.352 e. The predicted molar refractivity (Wildman–Crippen MR) is 119 cm³/mol. The average Bonchev–Trinajstić information content (AvgIpc) is 3.17. The number of carbonyl (C=O) groups excluding carboxylic acids is 1. The van der Waals surface area contributed by atoms with E-state index in [4.69, 9.17) is 11.6 Å². The van der Waals surface area contributed by atoms with E-state index in [1.54, 1.807) is 28.9 Å². The second kappa shape index (κ2) is 9.32. The average molecular weight is 454 g/mol. The van der Waals surface area contributed by atoms with E-state index in [9.17, 15) is 14.0 Å². The van der Waals surface area contributed by atoms with Gasteiger partial charge in [0.1, 0.15) is 11.6 Å². The molecule has 0 fully saturated rings. The number of aromatic nitrogens is 4. The van der Waals surface area contributed by atoms with Crippen molar-refractivity contribution in [3.8, 4) is 5.69 Å². The van der Waals surface area contributed by atoms with E-state index in [0.29, 0.717) is 35.9 Å². The number of amides is 1. The van der Waals surface area contributed by atoms with E-state index in [2.05, 4.69) is 15.5 Å². The van der Waals surface area contributed by atoms with Crippen molar-refractivity contribution in [2.45, 2.75) is 26.3 Å². The monoisotopic (exact) mass is 453 g/mol. The van der Waals surface area contributed by atoms with E-state index >= 15 is 0 Å². The van der Waals surface area contributed by atoms with Crippen molar-refractivity contribution in [2.75, 3.05) is 0 Å². The Morgan fingerprint density at radius 2 is 1.97 bits per heavy atom. The van der Waals surface area contributed by atoms with Crippen molar-refractivity contribution in [2.24, 2.45) is 5.92 Å². The number of hydrogen-bond donors (Lipinski definition) is 1. The van der Waals surface area contributed by atoms with Gasteiger partial charge in [-0.25, -0.2) is 4.39 Å². The fourth-order valence-electron chi connectivity index (χ4n) is 3.51. The van der Waals surface area contributed by atoms with Crippen LogP contribution in [0.4, 0.5) is 4.39 Å². The highest BCUT2D eigenvalue weighted by atomic mass is 35.5. The second-order valence-electron chi connectivity index (χ2n) is 7.64. The zero-order valence-corrected chi connectivity index (χ0v) is 18.1. The van der Waals surface area contributed by atoms with Gasteiger partial charge in [0.15, 0.2) is 0 Å². The number of fused-ring (bicyclic) bond motifs is 1. The molecular formula is C23H21ClFN5O2. The summed E-state index contributed by atoms with van der Waals surface area (Å²) in [6.45, 7) is 2.29. The summed E-state index contributed by atoms with van der Waals surface area (Å²) in [6.07, 6.45) is 3.98. The van der Waals surface area contributed by atoms with Gasteiger partial charge in [0.05, 0.1) is 5.69 Å². The van der Waals surface area contributed by atoms with Crippen LogP contribution < -0.4 is 10.9 Å². The van der Waals surface area contributed by atoms with Crippen molar-refractivity contribution in [1.82, 2.24) is 24.5 Å². The molecule has 7 nitrogen and oxygen atoms in total. The summed E-state index contributed by atoms with van der Waals surface area (Å²) in [5.74, 6) is 0.0203. The van der Waals surface area contributed by atoms with Crippen molar-refractivity contribution >= 4 is 23.2 Å². The van der Waals surface area contributed by atoms with Gasteiger partial charge in [-0.15, -0.1) is 10.2 Å². The molecule has 1 N–H and O–H groups in total. The molecule has 0 spiro atoms. The van der Waals surface area contributed by atoms with Gasteiger partial charge < -0.3 is 5.32 Å². The minimum atomic E-state index is -0.432. The first-order valence-corrected chi connectivity index (χ1v) is 10.5. The lowest BCUT2D eigenvalue weighted by Crippen LogP contribution is -2.25. The summed E-state index contributed by atoms with van der Waals surface area (Å²) in [7, 11) is 0. The zero-order valence-electron chi connectivity index (χ0n) is 17.3. The number of carbonyl (C=O) groups is 1. The molecule has 2 aromatic heterocycles. The molecule has 0 aliphatic carbocycles. The quantitative estimate of drug-likeness (QED) is 0.464. The molecule has 9 heteroatoms. The maximum atomic E-state index is 13.5. The van der Waals surface area contributed by atoms with Gasteiger partial charge in [-0.1, -0.05) is 42.8 Å². The number of rotatable bonds is 7. The highest BCUT2D eigenvalue weighted by Gasteiger charge is 2.16. The number of nitrogens with zero attached hydrogens (tertiary/aromatic N) is 4. The van der Waals surface area contributed by atoms with Crippen LogP contribution >= 0.6 is 11.6 Å². The van der Waals surface area contributed by atoms with Gasteiger partial charge in [-0.3, -0.25) is 18.6 Å². The highest BCUT2D eigenvalue weighted by molar-refractivity contribution is 6.31. The smallest absolute Gasteiger partial charge is 0.300 e. The van der Waals surface area contributed by atoms with Gasteiger partial charge in [0.2, 0.25) is 11.6 Å². The summed E-state index contributed by atoms with van der Waals surface area (Å²) in [5.41, 5.74) is 1.00. The van der Waals surface area contributed by atoms with E-state index in [1.165, 1.54) is 22.8 Å². The van der Waals surface area contributed by atoms with Crippen molar-refractivity contribution in [3.63, 3.8) is 0 Å². The van der Waals surface area contributed by atoms with Gasteiger partial charge in [-0.05, 0) is 35.7 Å². The number of halogens is 2. The van der Waals surface area contributed by atoms with Gasteiger partial charge >= 0.3 is 5.56 Å². The Balaban J connectivity index is 1.44. The Bertz CT molecular complexity index is 1330. The maximum Gasteiger partial charge on any atom is 0.300 e. The predicted octanol–water partition coefficient (Wildman–Crippen LogP) is 3.56. The maximum absolute atomic E-state index is 13.5. The minimum absolute atomic E-state index is 0.0284. The third-order valence-electron chi connectivity index (χ3n) is 5.13.